The molecule has 1 unspecified atom stereocenters. The van der Waals surface area contributed by atoms with Crippen molar-refractivity contribution in [2.45, 2.75) is 19.8 Å². The van der Waals surface area contributed by atoms with Crippen molar-refractivity contribution in [3.8, 4) is 22.6 Å². The highest BCUT2D eigenvalue weighted by Crippen LogP contribution is 2.31. The first-order valence-electron chi connectivity index (χ1n) is 11.6. The number of phenolic OH excluding ortho intramolecular Hbond substituents is 1. The zero-order valence-electron chi connectivity index (χ0n) is 19.6. The van der Waals surface area contributed by atoms with E-state index >= 15 is 0 Å². The fourth-order valence-electron chi connectivity index (χ4n) is 4.22. The summed E-state index contributed by atoms with van der Waals surface area (Å²) in [5, 5.41) is 19.6. The van der Waals surface area contributed by atoms with Crippen LogP contribution in [0.1, 0.15) is 50.8 Å². The molecule has 0 aromatic heterocycles. The highest BCUT2D eigenvalue weighted by molar-refractivity contribution is 6.22. The van der Waals surface area contributed by atoms with Gasteiger partial charge in [0, 0.05) is 18.5 Å². The molecule has 8 heteroatoms. The van der Waals surface area contributed by atoms with E-state index in [-0.39, 0.29) is 42.0 Å². The lowest BCUT2D eigenvalue weighted by Crippen LogP contribution is -2.33. The smallest absolute Gasteiger partial charge is 0.307 e. The summed E-state index contributed by atoms with van der Waals surface area (Å²) in [6, 6.07) is 18.7. The van der Waals surface area contributed by atoms with Gasteiger partial charge >= 0.3 is 5.97 Å². The topological polar surface area (TPSA) is 121 Å². The van der Waals surface area contributed by atoms with Gasteiger partial charge in [0.15, 0.2) is 5.78 Å². The SMILES string of the molecule is CCOc1ccc(-c2ccc(C(=O)CC(CCN3C(=O)c4cccc(O)c4C3=O)C(=O)O)cc2)cc1. The van der Waals surface area contributed by atoms with E-state index in [1.807, 2.05) is 31.2 Å². The van der Waals surface area contributed by atoms with Crippen LogP contribution in [0.5, 0.6) is 11.5 Å². The molecule has 36 heavy (non-hydrogen) atoms. The van der Waals surface area contributed by atoms with Gasteiger partial charge < -0.3 is 14.9 Å². The van der Waals surface area contributed by atoms with Gasteiger partial charge in [-0.05, 0) is 48.7 Å². The summed E-state index contributed by atoms with van der Waals surface area (Å²) >= 11 is 0. The number of benzene rings is 3. The molecule has 1 heterocycles. The predicted octanol–water partition coefficient (Wildman–Crippen LogP) is 4.42. The quantitative estimate of drug-likeness (QED) is 0.321. The molecule has 184 valence electrons. The van der Waals surface area contributed by atoms with Gasteiger partial charge in [0.1, 0.15) is 11.5 Å². The van der Waals surface area contributed by atoms with Crippen molar-refractivity contribution in [2.75, 3.05) is 13.2 Å². The lowest BCUT2D eigenvalue weighted by atomic mass is 9.94. The minimum Gasteiger partial charge on any atom is -0.507 e. The third-order valence-electron chi connectivity index (χ3n) is 6.16. The number of hydrogen-bond donors (Lipinski definition) is 2. The van der Waals surface area contributed by atoms with Gasteiger partial charge in [0.25, 0.3) is 11.8 Å². The number of carboxylic acid groups (broad SMARTS) is 1. The summed E-state index contributed by atoms with van der Waals surface area (Å²) < 4.78 is 5.45. The lowest BCUT2D eigenvalue weighted by Gasteiger charge is -2.17. The number of rotatable bonds is 10. The second kappa shape index (κ2) is 10.4. The molecule has 0 aliphatic carbocycles. The normalized spacial score (nSPS) is 13.4. The first-order chi connectivity index (χ1) is 17.3. The van der Waals surface area contributed by atoms with Crippen molar-refractivity contribution in [3.63, 3.8) is 0 Å². The molecule has 1 aliphatic heterocycles. The Morgan fingerprint density at radius 1 is 0.917 bits per heavy atom. The number of imide groups is 1. The van der Waals surface area contributed by atoms with Crippen LogP contribution in [0.4, 0.5) is 0 Å². The molecule has 2 N–H and O–H groups in total. The Kier molecular flexibility index (Phi) is 7.15. The van der Waals surface area contributed by atoms with Gasteiger partial charge in [0.05, 0.1) is 23.7 Å². The molecule has 3 aromatic carbocycles. The first-order valence-corrected chi connectivity index (χ1v) is 11.6. The second-order valence-corrected chi connectivity index (χ2v) is 8.45. The van der Waals surface area contributed by atoms with Crippen LogP contribution in [0.2, 0.25) is 0 Å². The molecule has 0 saturated heterocycles. The van der Waals surface area contributed by atoms with E-state index in [4.69, 9.17) is 4.74 Å². The molecule has 1 atom stereocenters. The molecule has 2 amide bonds. The van der Waals surface area contributed by atoms with Crippen LogP contribution in [-0.4, -0.2) is 51.8 Å². The highest BCUT2D eigenvalue weighted by Gasteiger charge is 2.38. The predicted molar refractivity (Wildman–Crippen MR) is 131 cm³/mol. The molecule has 4 rings (SSSR count). The lowest BCUT2D eigenvalue weighted by molar-refractivity contribution is -0.142. The first kappa shape index (κ1) is 24.7. The van der Waals surface area contributed by atoms with E-state index in [1.165, 1.54) is 18.2 Å². The van der Waals surface area contributed by atoms with E-state index < -0.39 is 23.7 Å². The van der Waals surface area contributed by atoms with Crippen LogP contribution >= 0.6 is 0 Å². The van der Waals surface area contributed by atoms with Crippen LogP contribution in [0, 0.1) is 5.92 Å². The molecule has 8 nitrogen and oxygen atoms in total. The number of hydrogen-bond acceptors (Lipinski definition) is 6. The van der Waals surface area contributed by atoms with E-state index in [9.17, 15) is 29.4 Å². The Hall–Kier alpha value is -4.46. The third kappa shape index (κ3) is 4.98. The molecule has 0 radical (unpaired) electrons. The van der Waals surface area contributed by atoms with Crippen molar-refractivity contribution in [1.29, 1.82) is 0 Å². The molecule has 0 bridgehead atoms. The largest absolute Gasteiger partial charge is 0.507 e. The Morgan fingerprint density at radius 2 is 1.56 bits per heavy atom. The summed E-state index contributed by atoms with van der Waals surface area (Å²) in [7, 11) is 0. The number of Topliss-reactive ketones (excluding diaryl/α,β-unsaturated/α-hetero) is 1. The van der Waals surface area contributed by atoms with Gasteiger partial charge in [-0.3, -0.25) is 24.1 Å². The van der Waals surface area contributed by atoms with Crippen molar-refractivity contribution in [3.05, 3.63) is 83.4 Å². The number of fused-ring (bicyclic) bond motifs is 1. The van der Waals surface area contributed by atoms with Crippen LogP contribution < -0.4 is 4.74 Å². The summed E-state index contributed by atoms with van der Waals surface area (Å²) in [6.07, 6.45) is -0.357. The maximum absolute atomic E-state index is 12.8. The summed E-state index contributed by atoms with van der Waals surface area (Å²) in [6.45, 7) is 2.32. The number of ether oxygens (including phenoxy) is 1. The molecule has 1 aliphatic rings. The highest BCUT2D eigenvalue weighted by atomic mass is 16.5. The number of aromatic hydroxyl groups is 1. The van der Waals surface area contributed by atoms with Crippen molar-refractivity contribution in [1.82, 2.24) is 4.90 Å². The Morgan fingerprint density at radius 3 is 2.14 bits per heavy atom. The zero-order chi connectivity index (χ0) is 25.8. The van der Waals surface area contributed by atoms with Crippen molar-refractivity contribution >= 4 is 23.6 Å². The van der Waals surface area contributed by atoms with Crippen LogP contribution in [0.25, 0.3) is 11.1 Å². The van der Waals surface area contributed by atoms with Crippen LogP contribution in [0.15, 0.2) is 66.7 Å². The number of carbonyl (C=O) groups is 4. The summed E-state index contributed by atoms with van der Waals surface area (Å²) in [5.74, 6) is -3.41. The minimum absolute atomic E-state index is 0.0792. The summed E-state index contributed by atoms with van der Waals surface area (Å²) in [5.41, 5.74) is 2.22. The van der Waals surface area contributed by atoms with Crippen LogP contribution in [0.3, 0.4) is 0 Å². The average Bonchev–Trinajstić information content (AvgIpc) is 3.12. The number of nitrogens with zero attached hydrogens (tertiary/aromatic N) is 1. The number of carbonyl (C=O) groups excluding carboxylic acids is 3. The van der Waals surface area contributed by atoms with Crippen molar-refractivity contribution in [2.24, 2.45) is 5.92 Å². The van der Waals surface area contributed by atoms with Gasteiger partial charge in [-0.2, -0.15) is 0 Å². The maximum atomic E-state index is 12.8. The minimum atomic E-state index is -1.19. The van der Waals surface area contributed by atoms with Gasteiger partial charge in [0.2, 0.25) is 0 Å². The number of amides is 2. The number of phenols is 1. The monoisotopic (exact) mass is 487 g/mol. The Labute approximate surface area is 207 Å². The zero-order valence-corrected chi connectivity index (χ0v) is 19.6. The molecule has 3 aromatic rings. The van der Waals surface area contributed by atoms with Crippen LogP contribution in [-0.2, 0) is 4.79 Å². The molecular formula is C28H25NO7. The van der Waals surface area contributed by atoms with E-state index in [0.29, 0.717) is 12.2 Å². The standard InChI is InChI=1S/C28H25NO7/c1-2-36-21-12-10-18(11-13-21)17-6-8-19(9-7-17)24(31)16-20(28(34)35)14-15-29-26(32)22-4-3-5-23(30)25(22)27(29)33/h3-13,20,30H,2,14-16H2,1H3,(H,34,35). The molecule has 0 spiro atoms. The van der Waals surface area contributed by atoms with E-state index in [0.717, 1.165) is 21.8 Å². The molecular weight excluding hydrogens is 462 g/mol. The van der Waals surface area contributed by atoms with Gasteiger partial charge in [-0.15, -0.1) is 0 Å². The number of aliphatic carboxylic acids is 1. The maximum Gasteiger partial charge on any atom is 0.307 e. The van der Waals surface area contributed by atoms with Gasteiger partial charge in [-0.1, -0.05) is 42.5 Å². The van der Waals surface area contributed by atoms with Crippen molar-refractivity contribution < 1.29 is 34.1 Å². The number of ketones is 1. The Bertz CT molecular complexity index is 1310. The third-order valence-corrected chi connectivity index (χ3v) is 6.16. The summed E-state index contributed by atoms with van der Waals surface area (Å²) in [4.78, 5) is 50.7. The molecule has 0 fully saturated rings. The second-order valence-electron chi connectivity index (χ2n) is 8.45. The van der Waals surface area contributed by atoms with Gasteiger partial charge in [-0.25, -0.2) is 0 Å². The fraction of sp³-hybridized carbons (Fsp3) is 0.214. The fourth-order valence-corrected chi connectivity index (χ4v) is 4.22. The number of carboxylic acids is 1. The van der Waals surface area contributed by atoms with E-state index in [1.54, 1.807) is 24.3 Å². The average molecular weight is 488 g/mol. The Balaban J connectivity index is 1.40. The van der Waals surface area contributed by atoms with E-state index in [2.05, 4.69) is 0 Å². The molecule has 0 saturated carbocycles.